The molecule has 0 spiro atoms. The van der Waals surface area contributed by atoms with Crippen LogP contribution in [0.15, 0.2) is 35.1 Å². The molecule has 108 valence electrons. The van der Waals surface area contributed by atoms with Crippen LogP contribution in [0.25, 0.3) is 0 Å². The molecule has 0 aliphatic rings. The fourth-order valence-corrected chi connectivity index (χ4v) is 1.79. The van der Waals surface area contributed by atoms with E-state index in [2.05, 4.69) is 16.9 Å². The van der Waals surface area contributed by atoms with Gasteiger partial charge in [-0.05, 0) is 23.8 Å². The Balaban J connectivity index is 2.35. The van der Waals surface area contributed by atoms with Gasteiger partial charge in [0.15, 0.2) is 0 Å². The largest absolute Gasteiger partial charge is 0.480 e. The van der Waals surface area contributed by atoms with Gasteiger partial charge in [0.25, 0.3) is 5.56 Å². The maximum absolute atomic E-state index is 13.6. The molecule has 0 saturated carbocycles. The highest BCUT2D eigenvalue weighted by Gasteiger charge is 2.04. The van der Waals surface area contributed by atoms with E-state index in [4.69, 9.17) is 10.5 Å². The number of rotatable bonds is 3. The zero-order valence-electron chi connectivity index (χ0n) is 11.5. The average Bonchev–Trinajstić information content (AvgIpc) is 2.47. The minimum Gasteiger partial charge on any atom is -0.480 e. The van der Waals surface area contributed by atoms with Gasteiger partial charge >= 0.3 is 0 Å². The third-order valence-electron chi connectivity index (χ3n) is 2.68. The van der Waals surface area contributed by atoms with Gasteiger partial charge in [0, 0.05) is 17.7 Å². The van der Waals surface area contributed by atoms with Gasteiger partial charge in [-0.3, -0.25) is 4.79 Å². The van der Waals surface area contributed by atoms with E-state index in [1.165, 1.54) is 36.1 Å². The smallest absolute Gasteiger partial charge is 0.267 e. The lowest BCUT2D eigenvalue weighted by atomic mass is 10.1. The van der Waals surface area contributed by atoms with Gasteiger partial charge in [0.05, 0.1) is 20.2 Å². The van der Waals surface area contributed by atoms with Crippen molar-refractivity contribution < 1.29 is 9.13 Å². The summed E-state index contributed by atoms with van der Waals surface area (Å²) < 4.78 is 19.7. The molecule has 0 atom stereocenters. The predicted octanol–water partition coefficient (Wildman–Crippen LogP) is 0.750. The van der Waals surface area contributed by atoms with E-state index in [1.807, 2.05) is 0 Å². The van der Waals surface area contributed by atoms with Crippen LogP contribution in [0.4, 0.5) is 4.39 Å². The monoisotopic (exact) mass is 287 g/mol. The van der Waals surface area contributed by atoms with Gasteiger partial charge in [-0.15, -0.1) is 5.10 Å². The maximum Gasteiger partial charge on any atom is 0.267 e. The van der Waals surface area contributed by atoms with Crippen LogP contribution < -0.4 is 16.0 Å². The Morgan fingerprint density at radius 2 is 2.19 bits per heavy atom. The molecule has 0 radical (unpaired) electrons. The summed E-state index contributed by atoms with van der Waals surface area (Å²) in [5, 5.41) is 4.01. The standard InChI is InChI=1S/C15H14FN3O2/c1-21-14-4-5-15(20)19(18-14)10-12-7-11(3-2-6-17)8-13(16)9-12/h4-5,7-9H,6,10,17H2,1H3. The van der Waals surface area contributed by atoms with Crippen LogP contribution in [0.1, 0.15) is 11.1 Å². The van der Waals surface area contributed by atoms with E-state index < -0.39 is 5.82 Å². The number of halogens is 1. The van der Waals surface area contributed by atoms with Gasteiger partial charge in [0.1, 0.15) is 5.82 Å². The highest BCUT2D eigenvalue weighted by atomic mass is 19.1. The molecule has 0 amide bonds. The first kappa shape index (κ1) is 14.8. The summed E-state index contributed by atoms with van der Waals surface area (Å²) in [6.07, 6.45) is 0. The first-order valence-corrected chi connectivity index (χ1v) is 6.23. The van der Waals surface area contributed by atoms with Gasteiger partial charge in [0.2, 0.25) is 5.88 Å². The second-order valence-electron chi connectivity index (χ2n) is 4.23. The minimum atomic E-state index is -0.426. The summed E-state index contributed by atoms with van der Waals surface area (Å²) in [5.41, 5.74) is 6.08. The van der Waals surface area contributed by atoms with Crippen LogP contribution >= 0.6 is 0 Å². The zero-order chi connectivity index (χ0) is 15.2. The van der Waals surface area contributed by atoms with Crippen LogP contribution in [0.2, 0.25) is 0 Å². The van der Waals surface area contributed by atoms with Crippen molar-refractivity contribution in [1.29, 1.82) is 0 Å². The Kier molecular flexibility index (Phi) is 4.69. The Morgan fingerprint density at radius 3 is 2.90 bits per heavy atom. The summed E-state index contributed by atoms with van der Waals surface area (Å²) in [7, 11) is 1.46. The summed E-state index contributed by atoms with van der Waals surface area (Å²) in [5.74, 6) is 5.31. The lowest BCUT2D eigenvalue weighted by molar-refractivity contribution is 0.379. The number of hydrogen-bond donors (Lipinski definition) is 1. The molecule has 1 aromatic carbocycles. The second-order valence-corrected chi connectivity index (χ2v) is 4.23. The number of nitrogens with two attached hydrogens (primary N) is 1. The molecule has 0 unspecified atom stereocenters. The molecule has 0 saturated heterocycles. The molecular formula is C15H14FN3O2. The van der Waals surface area contributed by atoms with Crippen molar-refractivity contribution >= 4 is 0 Å². The van der Waals surface area contributed by atoms with Gasteiger partial charge < -0.3 is 10.5 Å². The van der Waals surface area contributed by atoms with E-state index in [0.29, 0.717) is 17.0 Å². The molecule has 2 rings (SSSR count). The van der Waals surface area contributed by atoms with E-state index in [0.717, 1.165) is 0 Å². The van der Waals surface area contributed by atoms with Crippen molar-refractivity contribution in [2.45, 2.75) is 6.54 Å². The van der Waals surface area contributed by atoms with E-state index in [9.17, 15) is 9.18 Å². The lowest BCUT2D eigenvalue weighted by Crippen LogP contribution is -2.22. The van der Waals surface area contributed by atoms with Crippen LogP contribution in [-0.4, -0.2) is 23.4 Å². The Hall–Kier alpha value is -2.65. The highest BCUT2D eigenvalue weighted by Crippen LogP contribution is 2.10. The van der Waals surface area contributed by atoms with Crippen molar-refractivity contribution in [3.05, 3.63) is 57.6 Å². The number of benzene rings is 1. The third-order valence-corrected chi connectivity index (χ3v) is 2.68. The summed E-state index contributed by atoms with van der Waals surface area (Å²) in [6, 6.07) is 7.16. The molecule has 21 heavy (non-hydrogen) atoms. The molecule has 5 nitrogen and oxygen atoms in total. The fourth-order valence-electron chi connectivity index (χ4n) is 1.79. The molecule has 1 heterocycles. The third kappa shape index (κ3) is 3.91. The first-order chi connectivity index (χ1) is 10.1. The van der Waals surface area contributed by atoms with Crippen LogP contribution in [0.3, 0.4) is 0 Å². The topological polar surface area (TPSA) is 70.1 Å². The summed E-state index contributed by atoms with van der Waals surface area (Å²) >= 11 is 0. The van der Waals surface area contributed by atoms with Gasteiger partial charge in [-0.25, -0.2) is 9.07 Å². The normalized spacial score (nSPS) is 9.86. The highest BCUT2D eigenvalue weighted by molar-refractivity contribution is 5.38. The number of aromatic nitrogens is 2. The maximum atomic E-state index is 13.6. The SMILES string of the molecule is COc1ccc(=O)n(Cc2cc(F)cc(C#CCN)c2)n1. The van der Waals surface area contributed by atoms with Gasteiger partial charge in [-0.1, -0.05) is 11.8 Å². The Morgan fingerprint density at radius 1 is 1.38 bits per heavy atom. The molecule has 2 aromatic rings. The minimum absolute atomic E-state index is 0.130. The Labute approximate surface area is 121 Å². The Bertz CT molecular complexity index is 759. The molecule has 0 fully saturated rings. The zero-order valence-corrected chi connectivity index (χ0v) is 11.5. The molecule has 0 aliphatic heterocycles. The fraction of sp³-hybridized carbons (Fsp3) is 0.200. The van der Waals surface area contributed by atoms with Crippen molar-refractivity contribution in [1.82, 2.24) is 9.78 Å². The van der Waals surface area contributed by atoms with E-state index in [1.54, 1.807) is 6.07 Å². The average molecular weight is 287 g/mol. The van der Waals surface area contributed by atoms with Gasteiger partial charge in [-0.2, -0.15) is 0 Å². The molecule has 1 aromatic heterocycles. The van der Waals surface area contributed by atoms with Crippen molar-refractivity contribution in [3.63, 3.8) is 0 Å². The second kappa shape index (κ2) is 6.68. The van der Waals surface area contributed by atoms with E-state index in [-0.39, 0.29) is 18.6 Å². The number of ether oxygens (including phenoxy) is 1. The van der Waals surface area contributed by atoms with Crippen molar-refractivity contribution in [2.75, 3.05) is 13.7 Å². The quantitative estimate of drug-likeness (QED) is 0.846. The number of methoxy groups -OCH3 is 1. The number of nitrogens with zero attached hydrogens (tertiary/aromatic N) is 2. The molecule has 2 N–H and O–H groups in total. The van der Waals surface area contributed by atoms with Crippen LogP contribution in [-0.2, 0) is 6.54 Å². The van der Waals surface area contributed by atoms with Crippen molar-refractivity contribution in [2.24, 2.45) is 5.73 Å². The van der Waals surface area contributed by atoms with Crippen LogP contribution in [0.5, 0.6) is 5.88 Å². The van der Waals surface area contributed by atoms with Crippen LogP contribution in [0, 0.1) is 17.7 Å². The predicted molar refractivity (Wildman–Crippen MR) is 76.5 cm³/mol. The molecule has 0 aliphatic carbocycles. The number of hydrogen-bond acceptors (Lipinski definition) is 4. The van der Waals surface area contributed by atoms with E-state index >= 15 is 0 Å². The first-order valence-electron chi connectivity index (χ1n) is 6.23. The summed E-state index contributed by atoms with van der Waals surface area (Å²) in [4.78, 5) is 11.7. The molecular weight excluding hydrogens is 273 g/mol. The summed E-state index contributed by atoms with van der Waals surface area (Å²) in [6.45, 7) is 0.327. The molecule has 6 heteroatoms. The molecule has 0 bridgehead atoms. The lowest BCUT2D eigenvalue weighted by Gasteiger charge is -2.07. The van der Waals surface area contributed by atoms with Crippen molar-refractivity contribution in [3.8, 4) is 17.7 Å².